The van der Waals surface area contributed by atoms with Gasteiger partial charge in [-0.1, -0.05) is 11.6 Å². The minimum atomic E-state index is -2.99. The molecule has 0 radical (unpaired) electrons. The second kappa shape index (κ2) is 9.06. The van der Waals surface area contributed by atoms with Crippen LogP contribution in [0.2, 0.25) is 5.02 Å². The van der Waals surface area contributed by atoms with E-state index in [4.69, 9.17) is 21.1 Å². The van der Waals surface area contributed by atoms with Gasteiger partial charge in [-0.05, 0) is 36.4 Å². The number of hydrogen-bond acceptors (Lipinski definition) is 6. The molecule has 0 spiro atoms. The predicted molar refractivity (Wildman–Crippen MR) is 107 cm³/mol. The molecule has 0 atom stereocenters. The summed E-state index contributed by atoms with van der Waals surface area (Å²) in [4.78, 5) is 16.8. The molecule has 3 rings (SSSR count). The number of halogens is 3. The Labute approximate surface area is 174 Å². The molecule has 29 heavy (non-hydrogen) atoms. The third kappa shape index (κ3) is 4.93. The highest BCUT2D eigenvalue weighted by atomic mass is 35.5. The van der Waals surface area contributed by atoms with Gasteiger partial charge in [-0.25, -0.2) is 4.98 Å². The van der Waals surface area contributed by atoms with Gasteiger partial charge in [0.2, 0.25) is 0 Å². The van der Waals surface area contributed by atoms with Crippen molar-refractivity contribution in [1.29, 1.82) is 0 Å². The van der Waals surface area contributed by atoms with Gasteiger partial charge in [-0.3, -0.25) is 4.79 Å². The number of aromatic nitrogens is 1. The van der Waals surface area contributed by atoms with Crippen LogP contribution in [0.5, 0.6) is 17.2 Å². The van der Waals surface area contributed by atoms with Crippen LogP contribution >= 0.6 is 22.9 Å². The number of nitrogens with one attached hydrogen (secondary N) is 1. The minimum Gasteiger partial charge on any atom is -0.493 e. The van der Waals surface area contributed by atoms with Gasteiger partial charge in [0.15, 0.2) is 11.5 Å². The molecule has 3 aromatic rings. The highest BCUT2D eigenvalue weighted by Gasteiger charge is 2.15. The smallest absolute Gasteiger partial charge is 0.387 e. The zero-order valence-corrected chi connectivity index (χ0v) is 16.8. The molecule has 1 N–H and O–H groups in total. The number of carbonyl (C=O) groups is 1. The standard InChI is InChI=1S/C19H15ClF2N2O4S/c1-26-15-5-3-10(7-16(15)27-2)18-24-13(9-29-18)17(25)23-11-4-6-14(12(20)8-11)28-19(21)22/h3-9,19H,1-2H3,(H,23,25). The van der Waals surface area contributed by atoms with Crippen molar-refractivity contribution < 1.29 is 27.8 Å². The van der Waals surface area contributed by atoms with Crippen molar-refractivity contribution in [3.63, 3.8) is 0 Å². The Balaban J connectivity index is 1.75. The zero-order valence-electron chi connectivity index (χ0n) is 15.2. The van der Waals surface area contributed by atoms with Crippen molar-refractivity contribution in [1.82, 2.24) is 4.98 Å². The Bertz CT molecular complexity index is 1030. The third-order valence-electron chi connectivity index (χ3n) is 3.77. The summed E-state index contributed by atoms with van der Waals surface area (Å²) in [5.41, 5.74) is 1.29. The summed E-state index contributed by atoms with van der Waals surface area (Å²) in [6, 6.07) is 9.30. The highest BCUT2D eigenvalue weighted by molar-refractivity contribution is 7.13. The molecular weight excluding hydrogens is 426 g/mol. The second-order valence-electron chi connectivity index (χ2n) is 5.59. The van der Waals surface area contributed by atoms with Crippen LogP contribution in [-0.4, -0.2) is 31.7 Å². The molecule has 0 aliphatic heterocycles. The summed E-state index contributed by atoms with van der Waals surface area (Å²) in [6.45, 7) is -2.99. The van der Waals surface area contributed by atoms with Crippen molar-refractivity contribution in [2.45, 2.75) is 6.61 Å². The van der Waals surface area contributed by atoms with Gasteiger partial charge in [-0.2, -0.15) is 8.78 Å². The van der Waals surface area contributed by atoms with Crippen molar-refractivity contribution in [3.8, 4) is 27.8 Å². The Morgan fingerprint density at radius 3 is 2.48 bits per heavy atom. The van der Waals surface area contributed by atoms with Crippen LogP contribution in [0.1, 0.15) is 10.5 Å². The fraction of sp³-hybridized carbons (Fsp3) is 0.158. The van der Waals surface area contributed by atoms with Gasteiger partial charge in [0.05, 0.1) is 19.2 Å². The number of alkyl halides is 2. The third-order valence-corrected chi connectivity index (χ3v) is 4.96. The van der Waals surface area contributed by atoms with Crippen LogP contribution in [-0.2, 0) is 0 Å². The number of carbonyl (C=O) groups excluding carboxylic acids is 1. The molecule has 10 heteroatoms. The average molecular weight is 441 g/mol. The van der Waals surface area contributed by atoms with E-state index in [-0.39, 0.29) is 16.5 Å². The molecule has 0 aliphatic carbocycles. The second-order valence-corrected chi connectivity index (χ2v) is 6.85. The van der Waals surface area contributed by atoms with Crippen molar-refractivity contribution in [2.24, 2.45) is 0 Å². The monoisotopic (exact) mass is 440 g/mol. The summed E-state index contributed by atoms with van der Waals surface area (Å²) >= 11 is 7.18. The molecule has 6 nitrogen and oxygen atoms in total. The predicted octanol–water partition coefficient (Wildman–Crippen LogP) is 5.33. The lowest BCUT2D eigenvalue weighted by Gasteiger charge is -2.09. The van der Waals surface area contributed by atoms with Crippen molar-refractivity contribution in [3.05, 3.63) is 52.5 Å². The maximum absolute atomic E-state index is 12.5. The van der Waals surface area contributed by atoms with E-state index in [1.54, 1.807) is 24.6 Å². The first-order valence-electron chi connectivity index (χ1n) is 8.15. The molecule has 0 unspecified atom stereocenters. The minimum absolute atomic E-state index is 0.0487. The van der Waals surface area contributed by atoms with E-state index in [0.29, 0.717) is 22.2 Å². The fourth-order valence-electron chi connectivity index (χ4n) is 2.45. The molecule has 152 valence electrons. The molecule has 0 bridgehead atoms. The summed E-state index contributed by atoms with van der Waals surface area (Å²) in [5.74, 6) is 0.490. The lowest BCUT2D eigenvalue weighted by atomic mass is 10.2. The average Bonchev–Trinajstić information content (AvgIpc) is 3.19. The van der Waals surface area contributed by atoms with E-state index in [1.165, 1.54) is 36.6 Å². The zero-order chi connectivity index (χ0) is 21.0. The Kier molecular flexibility index (Phi) is 6.50. The van der Waals surface area contributed by atoms with E-state index < -0.39 is 12.5 Å². The summed E-state index contributed by atoms with van der Waals surface area (Å²) < 4.78 is 39.3. The molecule has 0 saturated heterocycles. The first-order valence-corrected chi connectivity index (χ1v) is 9.40. The Hall–Kier alpha value is -2.91. The SMILES string of the molecule is COc1ccc(-c2nc(C(=O)Nc3ccc(OC(F)F)c(Cl)c3)cs2)cc1OC. The molecule has 1 aromatic heterocycles. The number of methoxy groups -OCH3 is 2. The number of benzene rings is 2. The summed E-state index contributed by atoms with van der Waals surface area (Å²) in [5, 5.41) is 4.80. The molecule has 1 amide bonds. The van der Waals surface area contributed by atoms with E-state index in [2.05, 4.69) is 15.0 Å². The molecule has 0 saturated carbocycles. The number of ether oxygens (including phenoxy) is 3. The van der Waals surface area contributed by atoms with Gasteiger partial charge in [0.1, 0.15) is 16.5 Å². The molecule has 0 aliphatic rings. The van der Waals surface area contributed by atoms with E-state index in [0.717, 1.165) is 5.56 Å². The van der Waals surface area contributed by atoms with E-state index in [9.17, 15) is 13.6 Å². The van der Waals surface area contributed by atoms with E-state index >= 15 is 0 Å². The topological polar surface area (TPSA) is 69.7 Å². The first-order chi connectivity index (χ1) is 13.9. The van der Waals surface area contributed by atoms with E-state index in [1.807, 2.05) is 6.07 Å². The maximum atomic E-state index is 12.5. The first kappa shape index (κ1) is 20.8. The van der Waals surface area contributed by atoms with Gasteiger partial charge in [-0.15, -0.1) is 11.3 Å². The number of anilines is 1. The normalized spacial score (nSPS) is 10.7. The van der Waals surface area contributed by atoms with Gasteiger partial charge in [0.25, 0.3) is 5.91 Å². The van der Waals surface area contributed by atoms with Crippen LogP contribution < -0.4 is 19.5 Å². The van der Waals surface area contributed by atoms with Crippen LogP contribution in [0.25, 0.3) is 10.6 Å². The number of rotatable bonds is 7. The van der Waals surface area contributed by atoms with Crippen LogP contribution in [0, 0.1) is 0 Å². The highest BCUT2D eigenvalue weighted by Crippen LogP contribution is 2.34. The Morgan fingerprint density at radius 2 is 1.83 bits per heavy atom. The maximum Gasteiger partial charge on any atom is 0.387 e. The van der Waals surface area contributed by atoms with Crippen LogP contribution in [0.15, 0.2) is 41.8 Å². The number of amides is 1. The van der Waals surface area contributed by atoms with Gasteiger partial charge < -0.3 is 19.5 Å². The van der Waals surface area contributed by atoms with Gasteiger partial charge in [0, 0.05) is 16.6 Å². The van der Waals surface area contributed by atoms with Crippen LogP contribution in [0.3, 0.4) is 0 Å². The lowest BCUT2D eigenvalue weighted by molar-refractivity contribution is -0.0497. The quantitative estimate of drug-likeness (QED) is 0.537. The largest absolute Gasteiger partial charge is 0.493 e. The lowest BCUT2D eigenvalue weighted by Crippen LogP contribution is -2.12. The summed E-state index contributed by atoms with van der Waals surface area (Å²) in [7, 11) is 3.08. The molecule has 0 fully saturated rings. The molecule has 1 heterocycles. The van der Waals surface area contributed by atoms with Crippen molar-refractivity contribution in [2.75, 3.05) is 19.5 Å². The number of nitrogens with zero attached hydrogens (tertiary/aromatic N) is 1. The van der Waals surface area contributed by atoms with Gasteiger partial charge >= 0.3 is 6.61 Å². The molecule has 2 aromatic carbocycles. The Morgan fingerprint density at radius 1 is 1.10 bits per heavy atom. The number of thiazole rings is 1. The summed E-state index contributed by atoms with van der Waals surface area (Å²) in [6.07, 6.45) is 0. The fourth-order valence-corrected chi connectivity index (χ4v) is 3.47. The molecular formula is C19H15ClF2N2O4S. The van der Waals surface area contributed by atoms with Crippen molar-refractivity contribution >= 4 is 34.5 Å². The van der Waals surface area contributed by atoms with Crippen LogP contribution in [0.4, 0.5) is 14.5 Å². The number of hydrogen-bond donors (Lipinski definition) is 1.